The van der Waals surface area contributed by atoms with Gasteiger partial charge >= 0.3 is 0 Å². The highest BCUT2D eigenvalue weighted by molar-refractivity contribution is 6.01. The first kappa shape index (κ1) is 20.1. The molecule has 1 atom stereocenters. The lowest BCUT2D eigenvalue weighted by Gasteiger charge is -2.17. The van der Waals surface area contributed by atoms with E-state index in [9.17, 15) is 9.90 Å². The fourth-order valence-corrected chi connectivity index (χ4v) is 4.40. The minimum absolute atomic E-state index is 0.147. The molecule has 1 amide bonds. The number of hydrogen-bond donors (Lipinski definition) is 2. The number of carbonyl (C=O) groups excluding carboxylic acids is 1. The molecule has 6 heteroatoms. The van der Waals surface area contributed by atoms with Crippen LogP contribution in [0.15, 0.2) is 59.1 Å². The molecule has 0 spiro atoms. The van der Waals surface area contributed by atoms with E-state index in [1.165, 1.54) is 0 Å². The quantitative estimate of drug-likeness (QED) is 0.459. The molecule has 0 radical (unpaired) electrons. The van der Waals surface area contributed by atoms with Crippen molar-refractivity contribution in [3.05, 3.63) is 88.3 Å². The molecule has 0 fully saturated rings. The van der Waals surface area contributed by atoms with Gasteiger partial charge in [0.15, 0.2) is 0 Å². The van der Waals surface area contributed by atoms with Gasteiger partial charge in [-0.15, -0.1) is 0 Å². The minimum atomic E-state index is -0.203. The Labute approximate surface area is 185 Å². The summed E-state index contributed by atoms with van der Waals surface area (Å²) in [5, 5.41) is 19.2. The van der Waals surface area contributed by atoms with Crippen molar-refractivity contribution >= 4 is 16.7 Å². The van der Waals surface area contributed by atoms with Crippen LogP contribution in [0.3, 0.4) is 0 Å². The van der Waals surface area contributed by atoms with Crippen molar-refractivity contribution in [1.29, 1.82) is 0 Å². The van der Waals surface area contributed by atoms with Gasteiger partial charge in [0.05, 0.1) is 22.9 Å². The molecule has 0 saturated carbocycles. The number of ether oxygens (including phenoxy) is 1. The van der Waals surface area contributed by atoms with Gasteiger partial charge in [-0.3, -0.25) is 4.79 Å². The molecule has 1 heterocycles. The Hall–Kier alpha value is -3.80. The first-order chi connectivity index (χ1) is 15.5. The second-order valence-electron chi connectivity index (χ2n) is 8.20. The zero-order valence-corrected chi connectivity index (χ0v) is 18.0. The number of rotatable bonds is 5. The molecule has 6 nitrogen and oxygen atoms in total. The molecular formula is C26H24N2O4. The molecule has 2 N–H and O–H groups in total. The van der Waals surface area contributed by atoms with Crippen LogP contribution in [0.1, 0.15) is 51.0 Å². The Morgan fingerprint density at radius 2 is 1.94 bits per heavy atom. The van der Waals surface area contributed by atoms with E-state index in [0.29, 0.717) is 17.1 Å². The highest BCUT2D eigenvalue weighted by atomic mass is 16.5. The third-order valence-corrected chi connectivity index (χ3v) is 6.20. The van der Waals surface area contributed by atoms with Crippen LogP contribution in [0.5, 0.6) is 11.5 Å². The van der Waals surface area contributed by atoms with Gasteiger partial charge in [0.1, 0.15) is 23.9 Å². The number of hydrogen-bond acceptors (Lipinski definition) is 5. The van der Waals surface area contributed by atoms with Gasteiger partial charge in [0.2, 0.25) is 0 Å². The van der Waals surface area contributed by atoms with Crippen molar-refractivity contribution in [3.8, 4) is 11.5 Å². The van der Waals surface area contributed by atoms with Crippen LogP contribution in [0.2, 0.25) is 0 Å². The molecule has 5 rings (SSSR count). The minimum Gasteiger partial charge on any atom is -0.508 e. The van der Waals surface area contributed by atoms with Crippen LogP contribution in [0.25, 0.3) is 10.8 Å². The van der Waals surface area contributed by atoms with Crippen molar-refractivity contribution in [3.63, 3.8) is 0 Å². The maximum atomic E-state index is 13.4. The molecule has 0 aliphatic heterocycles. The monoisotopic (exact) mass is 428 g/mol. The normalized spacial score (nSPS) is 15.0. The molecule has 3 aromatic carbocycles. The summed E-state index contributed by atoms with van der Waals surface area (Å²) in [5.74, 6) is 1.30. The van der Waals surface area contributed by atoms with E-state index in [-0.39, 0.29) is 24.3 Å². The summed E-state index contributed by atoms with van der Waals surface area (Å²) >= 11 is 0. The molecule has 0 bridgehead atoms. The fraction of sp³-hybridized carbons (Fsp3) is 0.231. The maximum Gasteiger partial charge on any atom is 0.255 e. The Bertz CT molecular complexity index is 1310. The summed E-state index contributed by atoms with van der Waals surface area (Å²) in [6.45, 7) is 3.98. The van der Waals surface area contributed by atoms with Crippen molar-refractivity contribution < 1.29 is 19.2 Å². The van der Waals surface area contributed by atoms with E-state index in [1.807, 2.05) is 62.4 Å². The number of phenols is 1. The number of nitrogens with one attached hydrogen (secondary N) is 1. The first-order valence-corrected chi connectivity index (χ1v) is 10.7. The van der Waals surface area contributed by atoms with Crippen LogP contribution >= 0.6 is 0 Å². The van der Waals surface area contributed by atoms with Crippen molar-refractivity contribution in [2.24, 2.45) is 0 Å². The van der Waals surface area contributed by atoms with E-state index >= 15 is 0 Å². The highest BCUT2D eigenvalue weighted by Crippen LogP contribution is 2.37. The van der Waals surface area contributed by atoms with E-state index < -0.39 is 0 Å². The standard InChI is InChI=1S/C26H24N2O4/c1-15-22(16(2)32-28-15)14-31-25-13-18-7-4-3-6-17(18)12-21(25)26(30)27-23-11-10-20-19(23)8-5-9-24(20)29/h3-9,12-13,23,29H,10-11,14H2,1-2H3,(H,27,30). The van der Waals surface area contributed by atoms with Gasteiger partial charge < -0.3 is 19.7 Å². The maximum absolute atomic E-state index is 13.4. The summed E-state index contributed by atoms with van der Waals surface area (Å²) in [6.07, 6.45) is 1.49. The molecule has 1 unspecified atom stereocenters. The van der Waals surface area contributed by atoms with Crippen molar-refractivity contribution in [1.82, 2.24) is 10.5 Å². The second-order valence-corrected chi connectivity index (χ2v) is 8.20. The van der Waals surface area contributed by atoms with Gasteiger partial charge in [0, 0.05) is 0 Å². The summed E-state index contributed by atoms with van der Waals surface area (Å²) in [5.41, 5.74) is 4.01. The number of aromatic hydroxyl groups is 1. The molecular weight excluding hydrogens is 404 g/mol. The predicted octanol–water partition coefficient (Wildman–Crippen LogP) is 5.15. The zero-order chi connectivity index (χ0) is 22.2. The van der Waals surface area contributed by atoms with Gasteiger partial charge in [-0.1, -0.05) is 41.6 Å². The average Bonchev–Trinajstić information content (AvgIpc) is 3.35. The number of phenolic OH excluding ortho intramolecular Hbond substituents is 1. The molecule has 0 saturated heterocycles. The van der Waals surface area contributed by atoms with Crippen LogP contribution in [-0.4, -0.2) is 16.2 Å². The largest absolute Gasteiger partial charge is 0.508 e. The Morgan fingerprint density at radius 3 is 2.69 bits per heavy atom. The summed E-state index contributed by atoms with van der Waals surface area (Å²) in [7, 11) is 0. The lowest BCUT2D eigenvalue weighted by Crippen LogP contribution is -2.27. The number of fused-ring (bicyclic) bond motifs is 2. The molecule has 162 valence electrons. The Kier molecular flexibility index (Phi) is 5.05. The highest BCUT2D eigenvalue weighted by Gasteiger charge is 2.27. The topological polar surface area (TPSA) is 84.6 Å². The summed E-state index contributed by atoms with van der Waals surface area (Å²) in [4.78, 5) is 13.4. The fourth-order valence-electron chi connectivity index (χ4n) is 4.40. The summed E-state index contributed by atoms with van der Waals surface area (Å²) in [6, 6.07) is 17.0. The second kappa shape index (κ2) is 8.04. The molecule has 32 heavy (non-hydrogen) atoms. The van der Waals surface area contributed by atoms with Gasteiger partial charge in [0.25, 0.3) is 5.91 Å². The van der Waals surface area contributed by atoms with Crippen LogP contribution in [0.4, 0.5) is 0 Å². The molecule has 1 aliphatic carbocycles. The third-order valence-electron chi connectivity index (χ3n) is 6.20. The van der Waals surface area contributed by atoms with E-state index in [2.05, 4.69) is 10.5 Å². The van der Waals surface area contributed by atoms with Crippen LogP contribution < -0.4 is 10.1 Å². The molecule has 1 aliphatic rings. The molecule has 1 aromatic heterocycles. The van der Waals surface area contributed by atoms with Gasteiger partial charge in [-0.2, -0.15) is 0 Å². The number of nitrogens with zero attached hydrogens (tertiary/aromatic N) is 1. The Balaban J connectivity index is 1.46. The van der Waals surface area contributed by atoms with Gasteiger partial charge in [-0.25, -0.2) is 0 Å². The Morgan fingerprint density at radius 1 is 1.16 bits per heavy atom. The van der Waals surface area contributed by atoms with Crippen molar-refractivity contribution in [2.45, 2.75) is 39.3 Å². The third kappa shape index (κ3) is 3.58. The van der Waals surface area contributed by atoms with Crippen LogP contribution in [0, 0.1) is 13.8 Å². The van der Waals surface area contributed by atoms with E-state index in [4.69, 9.17) is 9.26 Å². The first-order valence-electron chi connectivity index (χ1n) is 10.7. The SMILES string of the molecule is Cc1noc(C)c1COc1cc2ccccc2cc1C(=O)NC1CCc2c(O)cccc21. The van der Waals surface area contributed by atoms with E-state index in [1.54, 1.807) is 6.07 Å². The lowest BCUT2D eigenvalue weighted by molar-refractivity contribution is 0.0932. The number of amides is 1. The van der Waals surface area contributed by atoms with E-state index in [0.717, 1.165) is 46.0 Å². The number of aryl methyl sites for hydroxylation is 2. The smallest absolute Gasteiger partial charge is 0.255 e. The lowest BCUT2D eigenvalue weighted by atomic mass is 10.0. The summed E-state index contributed by atoms with van der Waals surface area (Å²) < 4.78 is 11.4. The zero-order valence-electron chi connectivity index (χ0n) is 18.0. The van der Waals surface area contributed by atoms with Crippen LogP contribution in [-0.2, 0) is 13.0 Å². The number of benzene rings is 3. The molecule has 4 aromatic rings. The van der Waals surface area contributed by atoms with Gasteiger partial charge in [-0.05, 0) is 66.8 Å². The number of aromatic nitrogens is 1. The number of carbonyl (C=O) groups is 1. The van der Waals surface area contributed by atoms with Crippen molar-refractivity contribution in [2.75, 3.05) is 0 Å². The average molecular weight is 428 g/mol. The predicted molar refractivity (Wildman–Crippen MR) is 121 cm³/mol.